The van der Waals surface area contributed by atoms with Gasteiger partial charge in [0.2, 0.25) is 0 Å². The lowest BCUT2D eigenvalue weighted by Gasteiger charge is -2.37. The lowest BCUT2D eigenvalue weighted by molar-refractivity contribution is -0.0633. The maximum absolute atomic E-state index is 6.37. The quantitative estimate of drug-likeness (QED) is 0.817. The number of hydrogen-bond acceptors (Lipinski definition) is 2. The highest BCUT2D eigenvalue weighted by atomic mass is 35.5. The van der Waals surface area contributed by atoms with Gasteiger partial charge < -0.3 is 10.5 Å². The minimum absolute atomic E-state index is 0.00799. The summed E-state index contributed by atoms with van der Waals surface area (Å²) in [5.74, 6) is 0. The van der Waals surface area contributed by atoms with E-state index in [4.69, 9.17) is 22.1 Å². The second-order valence-corrected chi connectivity index (χ2v) is 5.08. The van der Waals surface area contributed by atoms with Crippen molar-refractivity contribution in [3.05, 3.63) is 34.9 Å². The van der Waals surface area contributed by atoms with Crippen molar-refractivity contribution in [2.75, 3.05) is 6.61 Å². The number of benzene rings is 1. The van der Waals surface area contributed by atoms with E-state index in [2.05, 4.69) is 13.8 Å². The van der Waals surface area contributed by atoms with E-state index in [1.807, 2.05) is 31.2 Å². The standard InChI is InChI=1S/C15H24ClNO/c1-4-15(5-2,18-6-3)14(17)11-12-7-9-13(16)10-8-12/h7-10,14H,4-6,11,17H2,1-3H3. The third-order valence-corrected chi connectivity index (χ3v) is 3.93. The predicted molar refractivity (Wildman–Crippen MR) is 78.1 cm³/mol. The van der Waals surface area contributed by atoms with Gasteiger partial charge in [-0.2, -0.15) is 0 Å². The van der Waals surface area contributed by atoms with Gasteiger partial charge >= 0.3 is 0 Å². The van der Waals surface area contributed by atoms with Gasteiger partial charge in [0.05, 0.1) is 5.60 Å². The van der Waals surface area contributed by atoms with Crippen molar-refractivity contribution < 1.29 is 4.74 Å². The maximum atomic E-state index is 6.37. The van der Waals surface area contributed by atoms with Gasteiger partial charge in [0.1, 0.15) is 0 Å². The molecule has 3 heteroatoms. The van der Waals surface area contributed by atoms with Crippen molar-refractivity contribution in [1.82, 2.24) is 0 Å². The first kappa shape index (κ1) is 15.5. The van der Waals surface area contributed by atoms with Gasteiger partial charge in [-0.15, -0.1) is 0 Å². The molecule has 0 aromatic heterocycles. The minimum atomic E-state index is -0.214. The van der Waals surface area contributed by atoms with Gasteiger partial charge in [-0.25, -0.2) is 0 Å². The minimum Gasteiger partial charge on any atom is -0.374 e. The molecular weight excluding hydrogens is 246 g/mol. The highest BCUT2D eigenvalue weighted by Crippen LogP contribution is 2.26. The number of halogens is 1. The zero-order valence-corrected chi connectivity index (χ0v) is 12.3. The zero-order valence-electron chi connectivity index (χ0n) is 11.6. The Kier molecular flexibility index (Phi) is 6.13. The van der Waals surface area contributed by atoms with Crippen LogP contribution in [-0.2, 0) is 11.2 Å². The normalized spacial score (nSPS) is 13.6. The first-order valence-corrected chi connectivity index (χ1v) is 7.09. The Balaban J connectivity index is 2.77. The van der Waals surface area contributed by atoms with Crippen molar-refractivity contribution in [3.63, 3.8) is 0 Å². The third kappa shape index (κ3) is 3.71. The van der Waals surface area contributed by atoms with E-state index >= 15 is 0 Å². The summed E-state index contributed by atoms with van der Waals surface area (Å²) in [6, 6.07) is 7.89. The number of rotatable bonds is 7. The van der Waals surface area contributed by atoms with Crippen LogP contribution in [0.3, 0.4) is 0 Å². The smallest absolute Gasteiger partial charge is 0.0830 e. The highest BCUT2D eigenvalue weighted by Gasteiger charge is 2.33. The molecule has 1 aromatic carbocycles. The van der Waals surface area contributed by atoms with Gasteiger partial charge in [-0.1, -0.05) is 37.6 Å². The van der Waals surface area contributed by atoms with Crippen LogP contribution in [-0.4, -0.2) is 18.2 Å². The molecule has 0 heterocycles. The zero-order chi connectivity index (χ0) is 13.6. The van der Waals surface area contributed by atoms with E-state index in [0.29, 0.717) is 6.61 Å². The molecule has 0 aliphatic carbocycles. The van der Waals surface area contributed by atoms with Crippen molar-refractivity contribution in [1.29, 1.82) is 0 Å². The molecule has 0 spiro atoms. The van der Waals surface area contributed by atoms with Gasteiger partial charge in [0.25, 0.3) is 0 Å². The van der Waals surface area contributed by atoms with Crippen LogP contribution < -0.4 is 5.73 Å². The Morgan fingerprint density at radius 3 is 2.17 bits per heavy atom. The summed E-state index contributed by atoms with van der Waals surface area (Å²) in [6.07, 6.45) is 2.69. The number of hydrogen-bond donors (Lipinski definition) is 1. The third-order valence-electron chi connectivity index (χ3n) is 3.67. The van der Waals surface area contributed by atoms with Crippen LogP contribution in [0.1, 0.15) is 39.2 Å². The van der Waals surface area contributed by atoms with Crippen LogP contribution in [0.2, 0.25) is 5.02 Å². The molecule has 2 N–H and O–H groups in total. The monoisotopic (exact) mass is 269 g/mol. The largest absolute Gasteiger partial charge is 0.374 e. The molecule has 0 saturated heterocycles. The SMILES string of the molecule is CCOC(CC)(CC)C(N)Cc1ccc(Cl)cc1. The topological polar surface area (TPSA) is 35.2 Å². The Morgan fingerprint density at radius 2 is 1.72 bits per heavy atom. The second-order valence-electron chi connectivity index (χ2n) is 4.64. The molecule has 0 radical (unpaired) electrons. The molecule has 0 aliphatic rings. The Labute approximate surface area is 115 Å². The van der Waals surface area contributed by atoms with Crippen LogP contribution in [0.25, 0.3) is 0 Å². The number of ether oxygens (including phenoxy) is 1. The van der Waals surface area contributed by atoms with Crippen LogP contribution >= 0.6 is 11.6 Å². The van der Waals surface area contributed by atoms with Gasteiger partial charge in [0, 0.05) is 17.7 Å². The van der Waals surface area contributed by atoms with E-state index in [-0.39, 0.29) is 11.6 Å². The maximum Gasteiger partial charge on any atom is 0.0830 e. The van der Waals surface area contributed by atoms with Crippen LogP contribution in [0.5, 0.6) is 0 Å². The molecule has 0 fully saturated rings. The first-order chi connectivity index (χ1) is 8.57. The van der Waals surface area contributed by atoms with Crippen molar-refractivity contribution in [2.45, 2.75) is 51.7 Å². The summed E-state index contributed by atoms with van der Waals surface area (Å²) in [6.45, 7) is 7.01. The summed E-state index contributed by atoms with van der Waals surface area (Å²) in [4.78, 5) is 0. The fourth-order valence-electron chi connectivity index (χ4n) is 2.43. The molecular formula is C15H24ClNO. The van der Waals surface area contributed by atoms with Gasteiger partial charge in [-0.05, 0) is 43.9 Å². The summed E-state index contributed by atoms with van der Waals surface area (Å²) >= 11 is 5.89. The van der Waals surface area contributed by atoms with E-state index in [1.165, 1.54) is 5.56 Å². The summed E-state index contributed by atoms with van der Waals surface area (Å²) in [5.41, 5.74) is 7.36. The van der Waals surface area contributed by atoms with Gasteiger partial charge in [-0.3, -0.25) is 0 Å². The van der Waals surface area contributed by atoms with E-state index in [0.717, 1.165) is 24.3 Å². The second kappa shape index (κ2) is 7.13. The highest BCUT2D eigenvalue weighted by molar-refractivity contribution is 6.30. The summed E-state index contributed by atoms with van der Waals surface area (Å²) in [5, 5.41) is 0.759. The van der Waals surface area contributed by atoms with Crippen molar-refractivity contribution in [2.24, 2.45) is 5.73 Å². The first-order valence-electron chi connectivity index (χ1n) is 6.72. The fraction of sp³-hybridized carbons (Fsp3) is 0.600. The van der Waals surface area contributed by atoms with Crippen LogP contribution in [0.15, 0.2) is 24.3 Å². The average molecular weight is 270 g/mol. The molecule has 18 heavy (non-hydrogen) atoms. The van der Waals surface area contributed by atoms with Crippen molar-refractivity contribution >= 4 is 11.6 Å². The Hall–Kier alpha value is -0.570. The molecule has 1 rings (SSSR count). The molecule has 102 valence electrons. The molecule has 0 saturated carbocycles. The molecule has 1 aromatic rings. The lowest BCUT2D eigenvalue weighted by Crippen LogP contribution is -2.50. The molecule has 0 amide bonds. The predicted octanol–water partition coefficient (Wildman–Crippen LogP) is 3.81. The summed E-state index contributed by atoms with van der Waals surface area (Å²) < 4.78 is 5.93. The van der Waals surface area contributed by atoms with Crippen LogP contribution in [0.4, 0.5) is 0 Å². The van der Waals surface area contributed by atoms with E-state index in [1.54, 1.807) is 0 Å². The molecule has 0 bridgehead atoms. The Morgan fingerprint density at radius 1 is 1.17 bits per heavy atom. The Bertz CT molecular complexity index is 346. The molecule has 0 aliphatic heterocycles. The fourth-order valence-corrected chi connectivity index (χ4v) is 2.56. The van der Waals surface area contributed by atoms with Crippen LogP contribution in [0, 0.1) is 0 Å². The van der Waals surface area contributed by atoms with E-state index in [9.17, 15) is 0 Å². The van der Waals surface area contributed by atoms with E-state index < -0.39 is 0 Å². The molecule has 1 unspecified atom stereocenters. The van der Waals surface area contributed by atoms with Gasteiger partial charge in [0.15, 0.2) is 0 Å². The average Bonchev–Trinajstić information content (AvgIpc) is 2.38. The lowest BCUT2D eigenvalue weighted by atomic mass is 9.85. The summed E-state index contributed by atoms with van der Waals surface area (Å²) in [7, 11) is 0. The number of nitrogens with two attached hydrogens (primary N) is 1. The molecule has 1 atom stereocenters. The van der Waals surface area contributed by atoms with Crippen molar-refractivity contribution in [3.8, 4) is 0 Å². The molecule has 2 nitrogen and oxygen atoms in total.